The Bertz CT molecular complexity index is 394. The van der Waals surface area contributed by atoms with Crippen LogP contribution in [0.4, 0.5) is 0 Å². The standard InChI is InChI=1S/C9H13N3O3/c1-5-4-9(13)7(12(5)14)3-2-6-8(9)11-15-10-6/h5,7,13-14H,2-4H2,1H3/t5-,7-,9-/m0/s1. The number of hydroxylamine groups is 2. The molecule has 0 radical (unpaired) electrons. The molecule has 0 spiro atoms. The zero-order valence-electron chi connectivity index (χ0n) is 8.42. The highest BCUT2D eigenvalue weighted by molar-refractivity contribution is 5.26. The number of rotatable bonds is 0. The van der Waals surface area contributed by atoms with Gasteiger partial charge in [0.25, 0.3) is 0 Å². The zero-order valence-corrected chi connectivity index (χ0v) is 8.42. The minimum absolute atomic E-state index is 0.0670. The first-order valence-electron chi connectivity index (χ1n) is 5.14. The van der Waals surface area contributed by atoms with Gasteiger partial charge in [0, 0.05) is 12.5 Å². The van der Waals surface area contributed by atoms with E-state index in [1.165, 1.54) is 5.06 Å². The van der Waals surface area contributed by atoms with Crippen LogP contribution >= 0.6 is 0 Å². The lowest BCUT2D eigenvalue weighted by molar-refractivity contribution is -0.159. The van der Waals surface area contributed by atoms with Crippen molar-refractivity contribution in [3.8, 4) is 0 Å². The van der Waals surface area contributed by atoms with Crippen molar-refractivity contribution in [3.05, 3.63) is 11.4 Å². The van der Waals surface area contributed by atoms with Crippen LogP contribution in [0.5, 0.6) is 0 Å². The molecule has 6 heteroatoms. The van der Waals surface area contributed by atoms with E-state index in [1.807, 2.05) is 6.92 Å². The fraction of sp³-hybridized carbons (Fsp3) is 0.778. The van der Waals surface area contributed by atoms with E-state index in [9.17, 15) is 10.3 Å². The van der Waals surface area contributed by atoms with Crippen LogP contribution in [-0.2, 0) is 12.0 Å². The molecule has 6 nitrogen and oxygen atoms in total. The molecule has 1 aliphatic carbocycles. The lowest BCUT2D eigenvalue weighted by Gasteiger charge is -2.33. The summed E-state index contributed by atoms with van der Waals surface area (Å²) in [4.78, 5) is 0. The van der Waals surface area contributed by atoms with Crippen LogP contribution in [0.25, 0.3) is 0 Å². The average Bonchev–Trinajstić information content (AvgIpc) is 2.72. The van der Waals surface area contributed by atoms with Crippen LogP contribution in [-0.4, -0.2) is 37.8 Å². The second-order valence-electron chi connectivity index (χ2n) is 4.47. The summed E-state index contributed by atoms with van der Waals surface area (Å²) in [6, 6.07) is -0.352. The summed E-state index contributed by atoms with van der Waals surface area (Å²) in [7, 11) is 0. The maximum Gasteiger partial charge on any atom is 0.141 e. The van der Waals surface area contributed by atoms with Crippen molar-refractivity contribution in [1.29, 1.82) is 0 Å². The first-order valence-corrected chi connectivity index (χ1v) is 5.14. The summed E-state index contributed by atoms with van der Waals surface area (Å²) in [5.41, 5.74) is 0.125. The smallest absolute Gasteiger partial charge is 0.141 e. The molecule has 82 valence electrons. The summed E-state index contributed by atoms with van der Waals surface area (Å²) in [5.74, 6) is 0. The second kappa shape index (κ2) is 2.78. The summed E-state index contributed by atoms with van der Waals surface area (Å²) >= 11 is 0. The van der Waals surface area contributed by atoms with Crippen LogP contribution in [0.15, 0.2) is 4.63 Å². The Morgan fingerprint density at radius 3 is 3.13 bits per heavy atom. The van der Waals surface area contributed by atoms with E-state index < -0.39 is 5.60 Å². The van der Waals surface area contributed by atoms with Crippen LogP contribution in [0.1, 0.15) is 31.2 Å². The Kier molecular flexibility index (Phi) is 1.72. The molecular weight excluding hydrogens is 198 g/mol. The lowest BCUT2D eigenvalue weighted by Crippen LogP contribution is -2.45. The van der Waals surface area contributed by atoms with Gasteiger partial charge < -0.3 is 10.3 Å². The minimum atomic E-state index is -1.10. The number of nitrogens with zero attached hydrogens (tertiary/aromatic N) is 3. The van der Waals surface area contributed by atoms with Gasteiger partial charge in [-0.15, -0.1) is 0 Å². The third-order valence-electron chi connectivity index (χ3n) is 3.55. The van der Waals surface area contributed by atoms with E-state index in [2.05, 4.69) is 14.9 Å². The molecule has 1 aliphatic heterocycles. The quantitative estimate of drug-likeness (QED) is 0.631. The molecule has 0 bridgehead atoms. The minimum Gasteiger partial charge on any atom is -0.382 e. The normalized spacial score (nSPS) is 40.2. The van der Waals surface area contributed by atoms with Crippen LogP contribution in [0.2, 0.25) is 0 Å². The van der Waals surface area contributed by atoms with Gasteiger partial charge >= 0.3 is 0 Å². The van der Waals surface area contributed by atoms with Gasteiger partial charge in [0.05, 0.1) is 6.04 Å². The van der Waals surface area contributed by atoms with Gasteiger partial charge in [0.2, 0.25) is 0 Å². The van der Waals surface area contributed by atoms with Gasteiger partial charge in [-0.2, -0.15) is 5.06 Å². The zero-order chi connectivity index (χ0) is 10.6. The second-order valence-corrected chi connectivity index (χ2v) is 4.47. The molecule has 3 atom stereocenters. The highest BCUT2D eigenvalue weighted by Crippen LogP contribution is 2.45. The maximum atomic E-state index is 10.5. The highest BCUT2D eigenvalue weighted by Gasteiger charge is 2.55. The molecule has 2 N–H and O–H groups in total. The summed E-state index contributed by atoms with van der Waals surface area (Å²) in [6.45, 7) is 1.88. The molecule has 15 heavy (non-hydrogen) atoms. The number of aryl methyl sites for hydroxylation is 1. The molecule has 0 saturated carbocycles. The molecule has 0 unspecified atom stereocenters. The van der Waals surface area contributed by atoms with Crippen LogP contribution in [0, 0.1) is 0 Å². The van der Waals surface area contributed by atoms with Gasteiger partial charge in [0.1, 0.15) is 17.0 Å². The first-order chi connectivity index (χ1) is 7.13. The van der Waals surface area contributed by atoms with Crippen molar-refractivity contribution < 1.29 is 14.9 Å². The third kappa shape index (κ3) is 1.04. The number of aliphatic hydroxyl groups is 1. The van der Waals surface area contributed by atoms with Crippen molar-refractivity contribution >= 4 is 0 Å². The summed E-state index contributed by atoms with van der Waals surface area (Å²) in [6.07, 6.45) is 1.84. The molecule has 2 heterocycles. The molecule has 3 rings (SSSR count). The predicted molar refractivity (Wildman–Crippen MR) is 48.0 cm³/mol. The third-order valence-corrected chi connectivity index (χ3v) is 3.55. The molecule has 1 aromatic heterocycles. The lowest BCUT2D eigenvalue weighted by atomic mass is 9.81. The number of hydrogen-bond donors (Lipinski definition) is 2. The van der Waals surface area contributed by atoms with E-state index in [0.717, 1.165) is 5.69 Å². The van der Waals surface area contributed by atoms with Gasteiger partial charge in [-0.1, -0.05) is 10.3 Å². The first kappa shape index (κ1) is 9.26. The Morgan fingerprint density at radius 1 is 1.53 bits per heavy atom. The SMILES string of the molecule is C[C@H]1C[C@@]2(O)c3nonc3CC[C@@H]2N1O. The van der Waals surface area contributed by atoms with Gasteiger partial charge in [0.15, 0.2) is 0 Å². The Hall–Kier alpha value is -0.980. The van der Waals surface area contributed by atoms with Gasteiger partial charge in [-0.3, -0.25) is 0 Å². The van der Waals surface area contributed by atoms with Gasteiger partial charge in [-0.05, 0) is 19.8 Å². The van der Waals surface area contributed by atoms with Crippen molar-refractivity contribution in [2.75, 3.05) is 0 Å². The molecule has 0 aromatic carbocycles. The van der Waals surface area contributed by atoms with Gasteiger partial charge in [-0.25, -0.2) is 4.63 Å². The van der Waals surface area contributed by atoms with Crippen molar-refractivity contribution in [3.63, 3.8) is 0 Å². The topological polar surface area (TPSA) is 82.6 Å². The number of fused-ring (bicyclic) bond motifs is 3. The molecule has 0 amide bonds. The fourth-order valence-corrected chi connectivity index (χ4v) is 2.80. The van der Waals surface area contributed by atoms with Crippen molar-refractivity contribution in [2.24, 2.45) is 0 Å². The van der Waals surface area contributed by atoms with E-state index in [0.29, 0.717) is 25.0 Å². The predicted octanol–water partition coefficient (Wildman–Crippen LogP) is 0.0554. The van der Waals surface area contributed by atoms with Crippen molar-refractivity contribution in [1.82, 2.24) is 15.4 Å². The Morgan fingerprint density at radius 2 is 2.33 bits per heavy atom. The van der Waals surface area contributed by atoms with Crippen LogP contribution < -0.4 is 0 Å². The average molecular weight is 211 g/mol. The fourth-order valence-electron chi connectivity index (χ4n) is 2.80. The highest BCUT2D eigenvalue weighted by atomic mass is 16.6. The van der Waals surface area contributed by atoms with E-state index in [1.54, 1.807) is 0 Å². The van der Waals surface area contributed by atoms with E-state index in [-0.39, 0.29) is 12.1 Å². The monoisotopic (exact) mass is 211 g/mol. The van der Waals surface area contributed by atoms with E-state index >= 15 is 0 Å². The number of aromatic nitrogens is 2. The largest absolute Gasteiger partial charge is 0.382 e. The molecule has 1 saturated heterocycles. The number of hydrogen-bond acceptors (Lipinski definition) is 6. The molecule has 1 fully saturated rings. The molecule has 1 aromatic rings. The maximum absolute atomic E-state index is 10.5. The Labute approximate surface area is 86.4 Å². The summed E-state index contributed by atoms with van der Waals surface area (Å²) in [5, 5.41) is 29.1. The molecular formula is C9H13N3O3. The molecule has 2 aliphatic rings. The van der Waals surface area contributed by atoms with Crippen LogP contribution in [0.3, 0.4) is 0 Å². The Balaban J connectivity index is 2.10. The van der Waals surface area contributed by atoms with E-state index in [4.69, 9.17) is 0 Å². The van der Waals surface area contributed by atoms with Crippen molar-refractivity contribution in [2.45, 2.75) is 43.9 Å². The summed E-state index contributed by atoms with van der Waals surface area (Å²) < 4.78 is 4.65.